The highest BCUT2D eigenvalue weighted by molar-refractivity contribution is 5.85. The van der Waals surface area contributed by atoms with Gasteiger partial charge in [0.25, 0.3) is 0 Å². The molecule has 5 nitrogen and oxygen atoms in total. The van der Waals surface area contributed by atoms with Crippen LogP contribution >= 0.6 is 12.4 Å². The van der Waals surface area contributed by atoms with Gasteiger partial charge in [0, 0.05) is 12.6 Å². The lowest BCUT2D eigenvalue weighted by Crippen LogP contribution is -2.47. The van der Waals surface area contributed by atoms with E-state index in [0.29, 0.717) is 25.1 Å². The molecule has 2 N–H and O–H groups in total. The molecule has 1 amide bonds. The number of aliphatic carboxylic acids is 1. The Balaban J connectivity index is 0.00000208. The Labute approximate surface area is 146 Å². The van der Waals surface area contributed by atoms with Crippen LogP contribution in [-0.2, 0) is 9.59 Å². The van der Waals surface area contributed by atoms with Gasteiger partial charge in [-0.15, -0.1) is 12.4 Å². The van der Waals surface area contributed by atoms with Crippen molar-refractivity contribution in [3.8, 4) is 0 Å². The predicted octanol–water partition coefficient (Wildman–Crippen LogP) is 2.36. The maximum atomic E-state index is 13.2. The predicted molar refractivity (Wildman–Crippen MR) is 89.5 cm³/mol. The lowest BCUT2D eigenvalue weighted by atomic mass is 9.94. The van der Waals surface area contributed by atoms with Crippen molar-refractivity contribution in [1.82, 2.24) is 10.2 Å². The van der Waals surface area contributed by atoms with Gasteiger partial charge >= 0.3 is 5.97 Å². The van der Waals surface area contributed by atoms with Crippen molar-refractivity contribution >= 4 is 24.3 Å². The second-order valence-electron chi connectivity index (χ2n) is 6.41. The fraction of sp³-hybridized carbons (Fsp3) is 0.529. The zero-order valence-corrected chi connectivity index (χ0v) is 14.1. The first-order valence-electron chi connectivity index (χ1n) is 8.07. The van der Waals surface area contributed by atoms with E-state index in [1.54, 1.807) is 12.1 Å². The molecule has 2 aliphatic rings. The summed E-state index contributed by atoms with van der Waals surface area (Å²) < 4.78 is 13.2. The Morgan fingerprint density at radius 1 is 1.21 bits per heavy atom. The number of halogens is 2. The minimum Gasteiger partial charge on any atom is -0.481 e. The second-order valence-corrected chi connectivity index (χ2v) is 6.41. The summed E-state index contributed by atoms with van der Waals surface area (Å²) in [5.41, 5.74) is 0.704. The Bertz CT molecular complexity index is 592. The van der Waals surface area contributed by atoms with Crippen LogP contribution in [0.15, 0.2) is 24.3 Å². The maximum Gasteiger partial charge on any atom is 0.307 e. The summed E-state index contributed by atoms with van der Waals surface area (Å²) in [7, 11) is 0. The number of carbonyl (C=O) groups is 2. The molecule has 0 bridgehead atoms. The van der Waals surface area contributed by atoms with Gasteiger partial charge in [-0.2, -0.15) is 0 Å². The average molecular weight is 357 g/mol. The molecule has 2 atom stereocenters. The largest absolute Gasteiger partial charge is 0.481 e. The van der Waals surface area contributed by atoms with E-state index in [1.807, 2.05) is 4.90 Å². The van der Waals surface area contributed by atoms with Gasteiger partial charge in [-0.1, -0.05) is 12.1 Å². The zero-order valence-electron chi connectivity index (χ0n) is 13.3. The van der Waals surface area contributed by atoms with Crippen molar-refractivity contribution in [3.05, 3.63) is 35.6 Å². The van der Waals surface area contributed by atoms with E-state index in [9.17, 15) is 19.1 Å². The number of nitrogens with one attached hydrogen (secondary N) is 1. The first-order valence-corrected chi connectivity index (χ1v) is 8.07. The normalized spacial score (nSPS) is 22.3. The van der Waals surface area contributed by atoms with Crippen LogP contribution in [0.5, 0.6) is 0 Å². The highest BCUT2D eigenvalue weighted by Gasteiger charge is 2.36. The highest BCUT2D eigenvalue weighted by atomic mass is 35.5. The van der Waals surface area contributed by atoms with E-state index in [4.69, 9.17) is 0 Å². The van der Waals surface area contributed by atoms with Crippen molar-refractivity contribution in [2.75, 3.05) is 13.1 Å². The van der Waals surface area contributed by atoms with Crippen molar-refractivity contribution in [1.29, 1.82) is 0 Å². The van der Waals surface area contributed by atoms with Crippen molar-refractivity contribution in [3.63, 3.8) is 0 Å². The number of hydrogen-bond donors (Lipinski definition) is 2. The summed E-state index contributed by atoms with van der Waals surface area (Å²) in [5.74, 6) is -1.75. The lowest BCUT2D eigenvalue weighted by Gasteiger charge is -2.36. The van der Waals surface area contributed by atoms with E-state index < -0.39 is 17.9 Å². The number of likely N-dealkylation sites (tertiary alicyclic amines) is 1. The minimum absolute atomic E-state index is 0. The second kappa shape index (κ2) is 7.94. The van der Waals surface area contributed by atoms with E-state index >= 15 is 0 Å². The molecule has 1 aromatic carbocycles. The summed E-state index contributed by atoms with van der Waals surface area (Å²) >= 11 is 0. The molecule has 0 spiro atoms. The molecule has 2 fully saturated rings. The van der Waals surface area contributed by atoms with Gasteiger partial charge in [0.1, 0.15) is 11.9 Å². The molecule has 1 saturated heterocycles. The van der Waals surface area contributed by atoms with Crippen LogP contribution in [0.1, 0.15) is 37.3 Å². The van der Waals surface area contributed by atoms with Crippen LogP contribution in [-0.4, -0.2) is 41.0 Å². The summed E-state index contributed by atoms with van der Waals surface area (Å²) in [6, 6.07) is 5.56. The fourth-order valence-electron chi connectivity index (χ4n) is 3.12. The van der Waals surface area contributed by atoms with Gasteiger partial charge in [-0.05, 0) is 49.9 Å². The molecule has 1 heterocycles. The topological polar surface area (TPSA) is 69.6 Å². The maximum absolute atomic E-state index is 13.2. The van der Waals surface area contributed by atoms with Gasteiger partial charge in [0.2, 0.25) is 5.91 Å². The van der Waals surface area contributed by atoms with E-state index in [-0.39, 0.29) is 30.2 Å². The SMILES string of the molecule is Cl.O=C(O)C1CCCN(C(C(=O)NC2CC2)c2ccc(F)cc2)C1. The van der Waals surface area contributed by atoms with Crippen molar-refractivity contribution in [2.45, 2.75) is 37.8 Å². The molecular weight excluding hydrogens is 335 g/mol. The number of rotatable bonds is 5. The third-order valence-corrected chi connectivity index (χ3v) is 4.53. The number of piperidine rings is 1. The number of amides is 1. The van der Waals surface area contributed by atoms with Gasteiger partial charge in [-0.25, -0.2) is 4.39 Å². The highest BCUT2D eigenvalue weighted by Crippen LogP contribution is 2.29. The van der Waals surface area contributed by atoms with Crippen LogP contribution in [0.3, 0.4) is 0 Å². The quantitative estimate of drug-likeness (QED) is 0.849. The first kappa shape index (κ1) is 18.7. The Morgan fingerprint density at radius 3 is 2.46 bits per heavy atom. The number of carboxylic acid groups (broad SMARTS) is 1. The fourth-order valence-corrected chi connectivity index (χ4v) is 3.12. The number of hydrogen-bond acceptors (Lipinski definition) is 3. The standard InChI is InChI=1S/C17H21FN2O3.ClH/c18-13-5-3-11(4-6-13)15(16(21)19-14-7-8-14)20-9-1-2-12(10-20)17(22)23;/h3-6,12,14-15H,1-2,7-10H2,(H,19,21)(H,22,23);1H. The molecular formula is C17H22ClFN2O3. The van der Waals surface area contributed by atoms with Crippen LogP contribution in [0.2, 0.25) is 0 Å². The van der Waals surface area contributed by atoms with E-state index in [2.05, 4.69) is 5.32 Å². The third kappa shape index (κ3) is 4.45. The molecule has 1 aliphatic heterocycles. The van der Waals surface area contributed by atoms with Crippen molar-refractivity contribution in [2.24, 2.45) is 5.92 Å². The van der Waals surface area contributed by atoms with Gasteiger partial charge in [0.05, 0.1) is 5.92 Å². The lowest BCUT2D eigenvalue weighted by molar-refractivity contribution is -0.145. The van der Waals surface area contributed by atoms with E-state index in [0.717, 1.165) is 19.3 Å². The molecule has 1 aliphatic carbocycles. The molecule has 0 radical (unpaired) electrons. The molecule has 1 aromatic rings. The molecule has 1 saturated carbocycles. The van der Waals surface area contributed by atoms with Crippen LogP contribution in [0.25, 0.3) is 0 Å². The number of carboxylic acids is 1. The summed E-state index contributed by atoms with van der Waals surface area (Å²) in [4.78, 5) is 25.9. The Hall–Kier alpha value is -1.66. The Kier molecular flexibility index (Phi) is 6.18. The summed E-state index contributed by atoms with van der Waals surface area (Å²) in [6.07, 6.45) is 3.34. The third-order valence-electron chi connectivity index (χ3n) is 4.53. The summed E-state index contributed by atoms with van der Waals surface area (Å²) in [6.45, 7) is 1.01. The average Bonchev–Trinajstić information content (AvgIpc) is 3.34. The van der Waals surface area contributed by atoms with Gasteiger partial charge < -0.3 is 10.4 Å². The first-order chi connectivity index (χ1) is 11.0. The van der Waals surface area contributed by atoms with Crippen LogP contribution in [0, 0.1) is 11.7 Å². The molecule has 24 heavy (non-hydrogen) atoms. The molecule has 3 rings (SSSR count). The number of benzene rings is 1. The molecule has 132 valence electrons. The number of nitrogens with zero attached hydrogens (tertiary/aromatic N) is 1. The Morgan fingerprint density at radius 2 is 1.88 bits per heavy atom. The van der Waals surface area contributed by atoms with Crippen molar-refractivity contribution < 1.29 is 19.1 Å². The molecule has 0 aromatic heterocycles. The monoisotopic (exact) mass is 356 g/mol. The number of carbonyl (C=O) groups excluding carboxylic acids is 1. The van der Waals surface area contributed by atoms with E-state index in [1.165, 1.54) is 12.1 Å². The zero-order chi connectivity index (χ0) is 16.4. The molecule has 7 heteroatoms. The van der Waals surface area contributed by atoms with Crippen LogP contribution < -0.4 is 5.32 Å². The van der Waals surface area contributed by atoms with Gasteiger partial charge in [0.15, 0.2) is 0 Å². The van der Waals surface area contributed by atoms with Crippen LogP contribution in [0.4, 0.5) is 4.39 Å². The molecule has 2 unspecified atom stereocenters. The van der Waals surface area contributed by atoms with Gasteiger partial charge in [-0.3, -0.25) is 14.5 Å². The summed E-state index contributed by atoms with van der Waals surface area (Å²) in [5, 5.41) is 12.2. The minimum atomic E-state index is -0.824. The smallest absolute Gasteiger partial charge is 0.307 e.